The van der Waals surface area contributed by atoms with Crippen molar-refractivity contribution in [2.75, 3.05) is 5.88 Å². The molecular weight excluding hydrogens is 430 g/mol. The van der Waals surface area contributed by atoms with E-state index in [4.69, 9.17) is 16.3 Å². The fraction of sp³-hybridized carbons (Fsp3) is 0.760. The molecule has 1 saturated heterocycles. The van der Waals surface area contributed by atoms with Gasteiger partial charge < -0.3 is 20.3 Å². The van der Waals surface area contributed by atoms with E-state index >= 15 is 0 Å². The molecule has 32 heavy (non-hydrogen) atoms. The fourth-order valence-electron chi connectivity index (χ4n) is 8.63. The second kappa shape index (κ2) is 6.26. The van der Waals surface area contributed by atoms with Crippen LogP contribution in [0.15, 0.2) is 24.3 Å². The third-order valence-corrected chi connectivity index (χ3v) is 10.3. The minimum atomic E-state index is -1.33. The molecule has 3 aliphatic carbocycles. The normalized spacial score (nSPS) is 50.3. The van der Waals surface area contributed by atoms with E-state index in [2.05, 4.69) is 11.9 Å². The number of rotatable bonds is 3. The van der Waals surface area contributed by atoms with Crippen LogP contribution in [0.3, 0.4) is 0 Å². The maximum Gasteiger partial charge on any atom is 0.235 e. The number of Topliss-reactive ketones (excluding diaryl/α,β-unsaturated/α-hetero) is 1. The lowest BCUT2D eigenvalue weighted by Crippen LogP contribution is -2.95. The van der Waals surface area contributed by atoms with Gasteiger partial charge in [0.05, 0.1) is 28.8 Å². The number of alkyl halides is 1. The molecule has 0 radical (unpaired) electrons. The number of halogens is 1. The van der Waals surface area contributed by atoms with Crippen LogP contribution in [0.25, 0.3) is 0 Å². The first-order valence-electron chi connectivity index (χ1n) is 11.3. The van der Waals surface area contributed by atoms with Gasteiger partial charge in [0, 0.05) is 29.1 Å². The van der Waals surface area contributed by atoms with Gasteiger partial charge >= 0.3 is 0 Å². The molecule has 2 saturated carbocycles. The highest BCUT2D eigenvalue weighted by Gasteiger charge is 2.94. The van der Waals surface area contributed by atoms with E-state index in [1.165, 1.54) is 0 Å². The summed E-state index contributed by atoms with van der Waals surface area (Å²) in [5.41, 5.74) is -6.43. The first-order chi connectivity index (χ1) is 14.5. The van der Waals surface area contributed by atoms with Crippen LogP contribution in [0.5, 0.6) is 0 Å². The van der Waals surface area contributed by atoms with Gasteiger partial charge in [-0.1, -0.05) is 52.3 Å². The predicted octanol–water partition coefficient (Wildman–Crippen LogP) is 2.90. The number of ketones is 1. The number of amides is 1. The molecule has 1 heterocycles. The van der Waals surface area contributed by atoms with Crippen molar-refractivity contribution in [2.45, 2.75) is 90.3 Å². The van der Waals surface area contributed by atoms with Crippen molar-refractivity contribution in [3.8, 4) is 0 Å². The fourth-order valence-corrected chi connectivity index (χ4v) is 8.71. The first kappa shape index (κ1) is 23.9. The van der Waals surface area contributed by atoms with E-state index in [9.17, 15) is 19.8 Å². The number of hydrogen-bond donors (Lipinski definition) is 3. The van der Waals surface area contributed by atoms with Crippen LogP contribution >= 0.6 is 11.6 Å². The van der Waals surface area contributed by atoms with Crippen LogP contribution in [0.1, 0.15) is 61.3 Å². The Morgan fingerprint density at radius 3 is 2.41 bits per heavy atom. The molecule has 4 aliphatic rings. The van der Waals surface area contributed by atoms with E-state index in [1.54, 1.807) is 6.08 Å². The third kappa shape index (κ3) is 2.10. The first-order valence-corrected chi connectivity index (χ1v) is 11.9. The van der Waals surface area contributed by atoms with E-state index in [-0.39, 0.29) is 30.4 Å². The number of nitrogens with one attached hydrogen (secondary N) is 1. The molecule has 3 fully saturated rings. The largest absolute Gasteiger partial charge is 0.392 e. The van der Waals surface area contributed by atoms with Crippen molar-refractivity contribution in [1.29, 1.82) is 0 Å². The Kier molecular flexibility index (Phi) is 4.68. The zero-order valence-corrected chi connectivity index (χ0v) is 20.9. The topological polar surface area (TPSA) is 95.9 Å². The van der Waals surface area contributed by atoms with Gasteiger partial charge in [-0.05, 0) is 13.8 Å². The predicted molar refractivity (Wildman–Crippen MR) is 122 cm³/mol. The van der Waals surface area contributed by atoms with E-state index in [0.717, 1.165) is 5.57 Å². The second-order valence-electron chi connectivity index (χ2n) is 11.9. The third-order valence-electron chi connectivity index (χ3n) is 10.0. The molecule has 1 spiro atoms. The van der Waals surface area contributed by atoms with Crippen molar-refractivity contribution in [3.63, 3.8) is 0 Å². The Balaban J connectivity index is 2.10. The molecule has 178 valence electrons. The average Bonchev–Trinajstić information content (AvgIpc) is 2.67. The molecule has 0 aromatic carbocycles. The number of ether oxygens (including phenoxy) is 1. The number of aliphatic hydroxyl groups is 2. The standard InChI is InChI=1S/C25H36ClNO5/c1-9-21(6)11-17(29)25-20(4,5)24(31)12-16(28)19(2,3)14(22(24,25)7)10-15(23(25,8)32-21)27-18(30)13-26/h9-10,15-16,28,31H,1,11-13H2,2-8H3,(H,27,30)/t15-,16?,21-,22+,23+,24?,25-/m0/s1. The van der Waals surface area contributed by atoms with Crippen molar-refractivity contribution >= 4 is 23.3 Å². The summed E-state index contributed by atoms with van der Waals surface area (Å²) in [6, 6.07) is -0.686. The number of carbonyl (C=O) groups excluding carboxylic acids is 2. The monoisotopic (exact) mass is 465 g/mol. The van der Waals surface area contributed by atoms with Crippen LogP contribution in [0, 0.1) is 21.7 Å². The maximum atomic E-state index is 14.3. The molecule has 1 aliphatic heterocycles. The zero-order chi connectivity index (χ0) is 24.3. The minimum absolute atomic E-state index is 0.0197. The average molecular weight is 466 g/mol. The second-order valence-corrected chi connectivity index (χ2v) is 12.2. The lowest BCUT2D eigenvalue weighted by molar-refractivity contribution is -0.417. The quantitative estimate of drug-likeness (QED) is 0.440. The Labute approximate surface area is 195 Å². The van der Waals surface area contributed by atoms with E-state index in [1.807, 2.05) is 54.5 Å². The molecule has 4 rings (SSSR count). The van der Waals surface area contributed by atoms with Gasteiger partial charge in [-0.25, -0.2) is 0 Å². The van der Waals surface area contributed by atoms with Crippen molar-refractivity contribution < 1.29 is 24.5 Å². The van der Waals surface area contributed by atoms with E-state index < -0.39 is 50.6 Å². The van der Waals surface area contributed by atoms with Gasteiger partial charge in [0.1, 0.15) is 17.3 Å². The van der Waals surface area contributed by atoms with Crippen LogP contribution in [-0.4, -0.2) is 56.7 Å². The summed E-state index contributed by atoms with van der Waals surface area (Å²) in [5, 5.41) is 26.2. The SMILES string of the molecule is C=C[C@@]1(C)CC(=O)[C@@]23C(C)(C)C4(O)CC(O)C(C)(C)C(=C[C@H](NC(=O)CCl)[C@@]2(C)O1)[C@]43C. The molecule has 0 bridgehead atoms. The Morgan fingerprint density at radius 2 is 1.88 bits per heavy atom. The summed E-state index contributed by atoms with van der Waals surface area (Å²) < 4.78 is 6.76. The molecule has 3 N–H and O–H groups in total. The molecule has 2 unspecified atom stereocenters. The summed E-state index contributed by atoms with van der Waals surface area (Å²) in [4.78, 5) is 26.8. The van der Waals surface area contributed by atoms with Crippen molar-refractivity contribution in [2.24, 2.45) is 21.7 Å². The lowest BCUT2D eigenvalue weighted by Gasteiger charge is -2.86. The van der Waals surface area contributed by atoms with Crippen LogP contribution < -0.4 is 5.32 Å². The summed E-state index contributed by atoms with van der Waals surface area (Å²) in [5.74, 6) is -0.628. The molecule has 1 amide bonds. The number of carbonyl (C=O) groups is 2. The smallest absolute Gasteiger partial charge is 0.235 e. The Bertz CT molecular complexity index is 958. The maximum absolute atomic E-state index is 14.3. The van der Waals surface area contributed by atoms with Crippen LogP contribution in [0.2, 0.25) is 0 Å². The van der Waals surface area contributed by atoms with Gasteiger partial charge in [0.25, 0.3) is 0 Å². The zero-order valence-electron chi connectivity index (χ0n) is 20.1. The van der Waals surface area contributed by atoms with Gasteiger partial charge in [-0.3, -0.25) is 9.59 Å². The number of hydrogen-bond acceptors (Lipinski definition) is 5. The molecule has 0 aromatic heterocycles. The highest BCUT2D eigenvalue weighted by Crippen LogP contribution is 2.86. The van der Waals surface area contributed by atoms with Gasteiger partial charge in [-0.15, -0.1) is 18.2 Å². The minimum Gasteiger partial charge on any atom is -0.392 e. The van der Waals surface area contributed by atoms with Crippen LogP contribution in [-0.2, 0) is 14.3 Å². The molecule has 7 atom stereocenters. The summed E-state index contributed by atoms with van der Waals surface area (Å²) in [7, 11) is 0. The highest BCUT2D eigenvalue weighted by atomic mass is 35.5. The molecular formula is C25H36ClNO5. The summed E-state index contributed by atoms with van der Waals surface area (Å²) >= 11 is 5.83. The Hall–Kier alpha value is -1.21. The van der Waals surface area contributed by atoms with Gasteiger partial charge in [0.2, 0.25) is 5.91 Å². The molecule has 6 nitrogen and oxygen atoms in total. The molecule has 7 heteroatoms. The Morgan fingerprint density at radius 1 is 1.28 bits per heavy atom. The van der Waals surface area contributed by atoms with Gasteiger partial charge in [-0.2, -0.15) is 0 Å². The lowest BCUT2D eigenvalue weighted by atomic mass is 9.18. The van der Waals surface area contributed by atoms with E-state index in [0.29, 0.717) is 0 Å². The summed E-state index contributed by atoms with van der Waals surface area (Å²) in [6.07, 6.45) is 3.00. The van der Waals surface area contributed by atoms with Crippen molar-refractivity contribution in [3.05, 3.63) is 24.3 Å². The van der Waals surface area contributed by atoms with Crippen molar-refractivity contribution in [1.82, 2.24) is 5.32 Å². The molecule has 0 aromatic rings. The van der Waals surface area contributed by atoms with Gasteiger partial charge in [0.15, 0.2) is 0 Å². The highest BCUT2D eigenvalue weighted by molar-refractivity contribution is 6.27. The van der Waals surface area contributed by atoms with Crippen LogP contribution in [0.4, 0.5) is 0 Å². The summed E-state index contributed by atoms with van der Waals surface area (Å²) in [6.45, 7) is 17.2. The number of aliphatic hydroxyl groups excluding tert-OH is 1.